The lowest BCUT2D eigenvalue weighted by molar-refractivity contribution is -0.342. The molecule has 0 radical (unpaired) electrons. The van der Waals surface area contributed by atoms with Gasteiger partial charge in [0.05, 0.1) is 26.6 Å². The fraction of sp³-hybridized carbons (Fsp3) is 0.929. The van der Waals surface area contributed by atoms with Crippen molar-refractivity contribution in [3.05, 3.63) is 12.2 Å². The van der Waals surface area contributed by atoms with Crippen LogP contribution in [0.4, 0.5) is 0 Å². The van der Waals surface area contributed by atoms with Crippen molar-refractivity contribution >= 4 is 13.7 Å². The summed E-state index contributed by atoms with van der Waals surface area (Å²) in [5.74, 6) is -0.263. The highest BCUT2D eigenvalue weighted by molar-refractivity contribution is 7.43. The van der Waals surface area contributed by atoms with E-state index in [0.29, 0.717) is 6.42 Å². The zero-order valence-electron chi connectivity index (χ0n) is 35.0. The van der Waals surface area contributed by atoms with Gasteiger partial charge in [-0.3, -0.25) is 4.79 Å². The van der Waals surface area contributed by atoms with Crippen molar-refractivity contribution in [3.8, 4) is 0 Å². The predicted octanol–water partition coefficient (Wildman–Crippen LogP) is 12.3. The van der Waals surface area contributed by atoms with E-state index in [-0.39, 0.29) is 18.2 Å². The number of hydrogen-bond acceptors (Lipinski definition) is 6. The van der Waals surface area contributed by atoms with Crippen molar-refractivity contribution in [2.45, 2.75) is 244 Å². The third-order valence-corrected chi connectivity index (χ3v) is 10.5. The third kappa shape index (κ3) is 43.6. The molecule has 52 heavy (non-hydrogen) atoms. The highest BCUT2D eigenvalue weighted by Crippen LogP contribution is 2.25. The molecule has 0 aliphatic heterocycles. The summed E-state index contributed by atoms with van der Waals surface area (Å²) in [6, 6.07) is -0.984. The van der Waals surface area contributed by atoms with Gasteiger partial charge >= 0.3 is 0 Å². The van der Waals surface area contributed by atoms with Crippen LogP contribution in [0.25, 0.3) is 0 Å². The topological polar surface area (TPSA) is 195 Å². The van der Waals surface area contributed by atoms with Gasteiger partial charge in [-0.1, -0.05) is 219 Å². The summed E-state index contributed by atoms with van der Waals surface area (Å²) in [6.07, 6.45) is 44.8. The first kappa shape index (κ1) is 55.5. The average Bonchev–Trinajstić information content (AvgIpc) is 3.08. The van der Waals surface area contributed by atoms with Crippen LogP contribution in [0, 0.1) is 0 Å². The quantitative estimate of drug-likeness (QED) is 0.0272. The van der Waals surface area contributed by atoms with Crippen LogP contribution in [-0.4, -0.2) is 29.8 Å². The van der Waals surface area contributed by atoms with Crippen LogP contribution >= 0.6 is 7.82 Å². The van der Waals surface area contributed by atoms with Crippen molar-refractivity contribution < 1.29 is 28.8 Å². The van der Waals surface area contributed by atoms with E-state index >= 15 is 0 Å². The summed E-state index contributed by atoms with van der Waals surface area (Å²) >= 11 is 0. The Morgan fingerprint density at radius 3 is 1.21 bits per heavy atom. The molecule has 0 aromatic rings. The SMILES string of the molecule is CCCCCCCCCCCCC/C=C/[C@@H](O)[C@H](COP(=O)([O-])[O-])NC(=O)CCCCCCCCCCCCCCCCCCCCCCC.[NH4+].[NH4+]. The summed E-state index contributed by atoms with van der Waals surface area (Å²) in [6.45, 7) is 3.95. The van der Waals surface area contributed by atoms with Gasteiger partial charge in [0.15, 0.2) is 0 Å². The van der Waals surface area contributed by atoms with E-state index in [1.807, 2.05) is 6.08 Å². The Kier molecular flexibility index (Phi) is 45.9. The molecule has 0 heterocycles. The third-order valence-electron chi connectivity index (χ3n) is 9.99. The molecule has 0 aliphatic carbocycles. The van der Waals surface area contributed by atoms with Crippen molar-refractivity contribution in [3.63, 3.8) is 0 Å². The second kappa shape index (κ2) is 42.9. The Labute approximate surface area is 322 Å². The summed E-state index contributed by atoms with van der Waals surface area (Å²) in [5, 5.41) is 13.3. The first-order valence-corrected chi connectivity index (χ1v) is 23.1. The number of carbonyl (C=O) groups excluding carboxylic acids is 1. The van der Waals surface area contributed by atoms with Crippen LogP contribution in [0.3, 0.4) is 0 Å². The van der Waals surface area contributed by atoms with Crippen molar-refractivity contribution in [1.82, 2.24) is 17.6 Å². The molecule has 0 saturated heterocycles. The summed E-state index contributed by atoms with van der Waals surface area (Å²) in [7, 11) is -5.21. The number of nitrogens with one attached hydrogen (secondary N) is 1. The molecule has 0 saturated carbocycles. The number of quaternary nitrogens is 2. The summed E-state index contributed by atoms with van der Waals surface area (Å²) < 4.78 is 15.5. The number of phosphoric acid groups is 1. The van der Waals surface area contributed by atoms with Gasteiger partial charge in [-0.15, -0.1) is 0 Å². The molecule has 0 aliphatic rings. The average molecular weight is 764 g/mol. The zero-order chi connectivity index (χ0) is 36.8. The molecule has 0 fully saturated rings. The molecular weight excluding hydrogens is 673 g/mol. The molecule has 2 atom stereocenters. The van der Waals surface area contributed by atoms with Crippen LogP contribution in [0.5, 0.6) is 0 Å². The number of rotatable bonds is 40. The summed E-state index contributed by atoms with van der Waals surface area (Å²) in [4.78, 5) is 34.6. The Morgan fingerprint density at radius 2 is 0.885 bits per heavy atom. The van der Waals surface area contributed by atoms with E-state index in [1.165, 1.54) is 173 Å². The van der Waals surface area contributed by atoms with Crippen LogP contribution in [-0.2, 0) is 13.9 Å². The fourth-order valence-corrected chi connectivity index (χ4v) is 7.03. The monoisotopic (exact) mass is 764 g/mol. The molecular formula is C42H90N3O6P. The molecule has 0 rings (SSSR count). The predicted molar refractivity (Wildman–Crippen MR) is 221 cm³/mol. The first-order chi connectivity index (χ1) is 24.3. The molecule has 314 valence electrons. The second-order valence-corrected chi connectivity index (χ2v) is 16.1. The number of aliphatic hydroxyl groups excluding tert-OH is 1. The molecule has 1 amide bonds. The van der Waals surface area contributed by atoms with Gasteiger partial charge in [0.25, 0.3) is 0 Å². The van der Waals surface area contributed by atoms with E-state index in [0.717, 1.165) is 38.5 Å². The molecule has 0 aromatic heterocycles. The number of aliphatic hydroxyl groups is 1. The fourth-order valence-electron chi connectivity index (χ4n) is 6.69. The minimum absolute atomic E-state index is 0. The lowest BCUT2D eigenvalue weighted by Crippen LogP contribution is -2.46. The van der Waals surface area contributed by atoms with Gasteiger partial charge < -0.3 is 41.6 Å². The van der Waals surface area contributed by atoms with E-state index in [2.05, 4.69) is 23.7 Å². The van der Waals surface area contributed by atoms with Gasteiger partial charge in [0.1, 0.15) is 0 Å². The molecule has 0 aromatic carbocycles. The highest BCUT2D eigenvalue weighted by Gasteiger charge is 2.20. The number of carbonyl (C=O) groups is 1. The van der Waals surface area contributed by atoms with Crippen LogP contribution < -0.4 is 27.4 Å². The van der Waals surface area contributed by atoms with Gasteiger partial charge in [-0.25, -0.2) is 0 Å². The number of allylic oxidation sites excluding steroid dienone is 1. The number of phosphoric ester groups is 1. The number of unbranched alkanes of at least 4 members (excludes halogenated alkanes) is 31. The normalized spacial score (nSPS) is 12.8. The zero-order valence-corrected chi connectivity index (χ0v) is 35.9. The number of hydrogen-bond donors (Lipinski definition) is 4. The van der Waals surface area contributed by atoms with Crippen molar-refractivity contribution in [1.29, 1.82) is 0 Å². The molecule has 0 bridgehead atoms. The maximum absolute atomic E-state index is 12.5. The molecule has 0 unspecified atom stereocenters. The van der Waals surface area contributed by atoms with Gasteiger partial charge in [-0.05, 0) is 19.3 Å². The largest absolute Gasteiger partial charge is 0.790 e. The van der Waals surface area contributed by atoms with Crippen LogP contribution in [0.2, 0.25) is 0 Å². The molecule has 9 nitrogen and oxygen atoms in total. The molecule has 10 heteroatoms. The number of amides is 1. The lowest BCUT2D eigenvalue weighted by Gasteiger charge is -2.32. The molecule has 10 N–H and O–H groups in total. The Bertz CT molecular complexity index is 798. The Hall–Kier alpha value is -0.800. The highest BCUT2D eigenvalue weighted by atomic mass is 31.2. The van der Waals surface area contributed by atoms with Crippen molar-refractivity contribution in [2.24, 2.45) is 0 Å². The van der Waals surface area contributed by atoms with E-state index in [1.54, 1.807) is 6.08 Å². The maximum atomic E-state index is 12.5. The first-order valence-electron chi connectivity index (χ1n) is 21.6. The standard InChI is InChI=1S/C42H84NO6P.2H3N/c1-3-5-7-9-11-13-15-17-18-19-20-21-22-23-24-26-28-30-32-34-36-38-42(45)43-40(39-49-50(46,47)48)41(44)37-35-33-31-29-27-25-16-14-12-10-8-6-4-2;;/h35,37,40-41,44H,3-34,36,38-39H2,1-2H3,(H,43,45)(H2,46,47,48);2*1H3/b37-35+;;/t40-,41+;;/m0../s1. The smallest absolute Gasteiger partial charge is 0.220 e. The van der Waals surface area contributed by atoms with Gasteiger partial charge in [0.2, 0.25) is 5.91 Å². The lowest BCUT2D eigenvalue weighted by atomic mass is 10.0. The van der Waals surface area contributed by atoms with Crippen LogP contribution in [0.15, 0.2) is 12.2 Å². The van der Waals surface area contributed by atoms with E-state index in [9.17, 15) is 24.3 Å². The van der Waals surface area contributed by atoms with Gasteiger partial charge in [-0.2, -0.15) is 0 Å². The van der Waals surface area contributed by atoms with E-state index < -0.39 is 26.6 Å². The Morgan fingerprint density at radius 1 is 0.577 bits per heavy atom. The van der Waals surface area contributed by atoms with Gasteiger partial charge in [0, 0.05) is 6.42 Å². The minimum atomic E-state index is -5.21. The summed E-state index contributed by atoms with van der Waals surface area (Å²) in [5.41, 5.74) is 0. The second-order valence-electron chi connectivity index (χ2n) is 15.0. The minimum Gasteiger partial charge on any atom is -0.790 e. The molecule has 0 spiro atoms. The van der Waals surface area contributed by atoms with Crippen molar-refractivity contribution in [2.75, 3.05) is 6.61 Å². The van der Waals surface area contributed by atoms with E-state index in [4.69, 9.17) is 0 Å². The maximum Gasteiger partial charge on any atom is 0.220 e. The van der Waals surface area contributed by atoms with Crippen LogP contribution in [0.1, 0.15) is 232 Å². The Balaban J connectivity index is -0.0000120.